The molecule has 0 heterocycles. The summed E-state index contributed by atoms with van der Waals surface area (Å²) in [6.07, 6.45) is 0. The van der Waals surface area contributed by atoms with Gasteiger partial charge in [0.1, 0.15) is 6.04 Å². The zero-order valence-corrected chi connectivity index (χ0v) is 12.6. The van der Waals surface area contributed by atoms with Gasteiger partial charge in [-0.1, -0.05) is 36.3 Å². The van der Waals surface area contributed by atoms with E-state index in [-0.39, 0.29) is 10.8 Å². The first-order chi connectivity index (χ1) is 7.95. The third kappa shape index (κ3) is 4.63. The lowest BCUT2D eigenvalue weighted by Gasteiger charge is -2.21. The van der Waals surface area contributed by atoms with Crippen molar-refractivity contribution in [1.82, 2.24) is 4.72 Å². The van der Waals surface area contributed by atoms with Gasteiger partial charge in [0.05, 0.1) is 15.7 Å². The molecule has 0 aromatic heterocycles. The minimum atomic E-state index is -1.14. The van der Waals surface area contributed by atoms with Crippen LogP contribution in [0.3, 0.4) is 0 Å². The third-order valence-electron chi connectivity index (χ3n) is 2.11. The van der Waals surface area contributed by atoms with E-state index in [1.165, 1.54) is 0 Å². The van der Waals surface area contributed by atoms with Gasteiger partial charge >= 0.3 is 0 Å². The predicted octanol–water partition coefficient (Wildman–Crippen LogP) is 3.14. The summed E-state index contributed by atoms with van der Waals surface area (Å²) in [6, 6.07) is 9.54. The fourth-order valence-corrected chi connectivity index (χ4v) is 2.16. The smallest absolute Gasteiger partial charge is 0.107 e. The Morgan fingerprint density at radius 1 is 1.29 bits per heavy atom. The quantitative estimate of drug-likeness (QED) is 0.853. The van der Waals surface area contributed by atoms with E-state index in [4.69, 9.17) is 0 Å². The van der Waals surface area contributed by atoms with Crippen LogP contribution in [0.4, 0.5) is 0 Å². The molecule has 0 bridgehead atoms. The summed E-state index contributed by atoms with van der Waals surface area (Å²) in [4.78, 5) is 2.69. The molecule has 1 aromatic rings. The van der Waals surface area contributed by atoms with Crippen molar-refractivity contribution in [1.29, 1.82) is 0 Å². The molecule has 2 atom stereocenters. The number of hydrogen-bond donors (Lipinski definition) is 1. The van der Waals surface area contributed by atoms with Crippen molar-refractivity contribution < 1.29 is 4.21 Å². The SMILES string of the molecule is CC(C)(C)S(=O)N[C@H](C#CBr)c1ccccc1. The molecular formula is C13H16BrNOS. The van der Waals surface area contributed by atoms with Crippen molar-refractivity contribution in [3.63, 3.8) is 0 Å². The Morgan fingerprint density at radius 3 is 2.35 bits per heavy atom. The van der Waals surface area contributed by atoms with Gasteiger partial charge in [0, 0.05) is 15.9 Å². The minimum Gasteiger partial charge on any atom is -0.242 e. The predicted molar refractivity (Wildman–Crippen MR) is 76.9 cm³/mol. The molecule has 2 nitrogen and oxygen atoms in total. The van der Waals surface area contributed by atoms with E-state index in [0.29, 0.717) is 0 Å². The number of halogens is 1. The molecule has 0 radical (unpaired) electrons. The maximum absolute atomic E-state index is 12.0. The zero-order valence-electron chi connectivity index (χ0n) is 10.2. The maximum Gasteiger partial charge on any atom is 0.107 e. The van der Waals surface area contributed by atoms with Crippen molar-refractivity contribution in [2.75, 3.05) is 0 Å². The summed E-state index contributed by atoms with van der Waals surface area (Å²) in [5.41, 5.74) is 1.01. The van der Waals surface area contributed by atoms with Gasteiger partial charge in [0.2, 0.25) is 0 Å². The molecule has 0 amide bonds. The van der Waals surface area contributed by atoms with E-state index in [2.05, 4.69) is 31.4 Å². The number of benzene rings is 1. The number of rotatable bonds is 3. The van der Waals surface area contributed by atoms with Crippen LogP contribution in [-0.4, -0.2) is 8.96 Å². The third-order valence-corrected chi connectivity index (χ3v) is 3.90. The molecule has 0 aliphatic carbocycles. The first kappa shape index (κ1) is 14.4. The number of nitrogens with one attached hydrogen (secondary N) is 1. The lowest BCUT2D eigenvalue weighted by Crippen LogP contribution is -2.35. The van der Waals surface area contributed by atoms with Crippen LogP contribution in [0.5, 0.6) is 0 Å². The molecule has 0 fully saturated rings. The van der Waals surface area contributed by atoms with E-state index >= 15 is 0 Å². The average Bonchev–Trinajstić information content (AvgIpc) is 2.28. The molecule has 1 rings (SSSR count). The molecule has 1 unspecified atom stereocenters. The molecule has 0 aliphatic rings. The molecule has 1 aromatic carbocycles. The maximum atomic E-state index is 12.0. The summed E-state index contributed by atoms with van der Waals surface area (Å²) in [5.74, 6) is 2.96. The van der Waals surface area contributed by atoms with Gasteiger partial charge in [-0.3, -0.25) is 0 Å². The molecule has 0 spiro atoms. The van der Waals surface area contributed by atoms with Gasteiger partial charge in [-0.25, -0.2) is 8.93 Å². The first-order valence-electron chi connectivity index (χ1n) is 5.29. The standard InChI is InChI=1S/C13H16BrNOS/c1-13(2,3)17(16)15-12(9-10-14)11-7-5-4-6-8-11/h4-8,12,15H,1-3H3/t12-,17?/m1/s1. The second-order valence-corrected chi connectivity index (χ2v) is 6.98. The highest BCUT2D eigenvalue weighted by molar-refractivity contribution is 9.12. The molecule has 4 heteroatoms. The number of hydrogen-bond acceptors (Lipinski definition) is 1. The Balaban J connectivity index is 2.88. The van der Waals surface area contributed by atoms with E-state index in [1.54, 1.807) is 0 Å². The van der Waals surface area contributed by atoms with Gasteiger partial charge in [-0.2, -0.15) is 0 Å². The fraction of sp³-hybridized carbons (Fsp3) is 0.385. The minimum absolute atomic E-state index is 0.226. The van der Waals surface area contributed by atoms with Gasteiger partial charge in [-0.15, -0.1) is 0 Å². The Bertz CT molecular complexity index is 442. The van der Waals surface area contributed by atoms with Crippen LogP contribution in [0.15, 0.2) is 30.3 Å². The van der Waals surface area contributed by atoms with Gasteiger partial charge in [-0.05, 0) is 31.2 Å². The van der Waals surface area contributed by atoms with Gasteiger partial charge in [0.25, 0.3) is 0 Å². The molecular weight excluding hydrogens is 298 g/mol. The Hall–Kier alpha value is -0.630. The lowest BCUT2D eigenvalue weighted by molar-refractivity contribution is 0.629. The second-order valence-electron chi connectivity index (χ2n) is 4.58. The molecule has 0 aliphatic heterocycles. The van der Waals surface area contributed by atoms with Crippen molar-refractivity contribution >= 4 is 26.9 Å². The highest BCUT2D eigenvalue weighted by Crippen LogP contribution is 2.16. The molecule has 0 saturated heterocycles. The first-order valence-corrected chi connectivity index (χ1v) is 7.23. The summed E-state index contributed by atoms with van der Waals surface area (Å²) >= 11 is 3.09. The van der Waals surface area contributed by atoms with Crippen molar-refractivity contribution in [2.45, 2.75) is 31.6 Å². The second kappa shape index (κ2) is 6.34. The summed E-state index contributed by atoms with van der Waals surface area (Å²) in [6.45, 7) is 5.79. The van der Waals surface area contributed by atoms with E-state index in [9.17, 15) is 4.21 Å². The highest BCUT2D eigenvalue weighted by Gasteiger charge is 2.22. The average molecular weight is 314 g/mol. The fourth-order valence-electron chi connectivity index (χ4n) is 1.16. The zero-order chi connectivity index (χ0) is 12.9. The van der Waals surface area contributed by atoms with Crippen LogP contribution in [0.25, 0.3) is 0 Å². The Morgan fingerprint density at radius 2 is 1.88 bits per heavy atom. The van der Waals surface area contributed by atoms with Gasteiger partial charge < -0.3 is 0 Å². The van der Waals surface area contributed by atoms with Crippen LogP contribution in [0.1, 0.15) is 32.4 Å². The molecule has 92 valence electrons. The Labute approximate surface area is 114 Å². The topological polar surface area (TPSA) is 29.1 Å². The largest absolute Gasteiger partial charge is 0.242 e. The lowest BCUT2D eigenvalue weighted by atomic mass is 10.1. The molecule has 0 saturated carbocycles. The molecule has 1 N–H and O–H groups in total. The van der Waals surface area contributed by atoms with Crippen LogP contribution >= 0.6 is 15.9 Å². The normalized spacial score (nSPS) is 14.6. The van der Waals surface area contributed by atoms with E-state index in [0.717, 1.165) is 5.56 Å². The van der Waals surface area contributed by atoms with Crippen LogP contribution < -0.4 is 4.72 Å². The Kier molecular flexibility index (Phi) is 5.38. The van der Waals surface area contributed by atoms with Crippen molar-refractivity contribution in [3.05, 3.63) is 35.9 Å². The highest BCUT2D eigenvalue weighted by atomic mass is 79.9. The summed E-state index contributed by atoms with van der Waals surface area (Å²) < 4.78 is 14.8. The van der Waals surface area contributed by atoms with Crippen LogP contribution in [0, 0.1) is 10.8 Å². The van der Waals surface area contributed by atoms with Crippen molar-refractivity contribution in [2.24, 2.45) is 0 Å². The van der Waals surface area contributed by atoms with Crippen LogP contribution in [0.2, 0.25) is 0 Å². The van der Waals surface area contributed by atoms with Crippen LogP contribution in [-0.2, 0) is 11.0 Å². The van der Waals surface area contributed by atoms with E-state index in [1.807, 2.05) is 51.1 Å². The summed E-state index contributed by atoms with van der Waals surface area (Å²) in [5, 5.41) is 0. The summed E-state index contributed by atoms with van der Waals surface area (Å²) in [7, 11) is -1.14. The van der Waals surface area contributed by atoms with E-state index < -0.39 is 11.0 Å². The van der Waals surface area contributed by atoms with Gasteiger partial charge in [0.15, 0.2) is 0 Å². The van der Waals surface area contributed by atoms with Crippen molar-refractivity contribution in [3.8, 4) is 10.8 Å². The monoisotopic (exact) mass is 313 g/mol. The molecule has 17 heavy (non-hydrogen) atoms.